The molecule has 0 aromatic heterocycles. The molecule has 0 amide bonds. The van der Waals surface area contributed by atoms with E-state index in [9.17, 15) is 0 Å². The number of halogens is 1. The van der Waals surface area contributed by atoms with Crippen LogP contribution in [0.15, 0.2) is 29.3 Å². The SMILES string of the molecule is CCNC(=NCCCN1CCCN(C)CC1)N1CCc2ccccc21.I. The van der Waals surface area contributed by atoms with Crippen molar-refractivity contribution in [1.29, 1.82) is 0 Å². The molecule has 1 aromatic rings. The highest BCUT2D eigenvalue weighted by Gasteiger charge is 2.22. The van der Waals surface area contributed by atoms with Crippen LogP contribution in [-0.4, -0.2) is 75.2 Å². The fourth-order valence-electron chi connectivity index (χ4n) is 3.76. The van der Waals surface area contributed by atoms with Crippen LogP contribution in [0.5, 0.6) is 0 Å². The van der Waals surface area contributed by atoms with E-state index in [4.69, 9.17) is 4.99 Å². The molecule has 0 bridgehead atoms. The summed E-state index contributed by atoms with van der Waals surface area (Å²) in [6.45, 7) is 11.0. The second-order valence-corrected chi connectivity index (χ2v) is 7.12. The fraction of sp³-hybridized carbons (Fsp3) is 0.650. The Morgan fingerprint density at radius 3 is 2.81 bits per heavy atom. The normalized spacial score (nSPS) is 19.0. The van der Waals surface area contributed by atoms with E-state index in [1.807, 2.05) is 0 Å². The van der Waals surface area contributed by atoms with Crippen molar-refractivity contribution in [2.24, 2.45) is 4.99 Å². The van der Waals surface area contributed by atoms with Crippen LogP contribution in [0, 0.1) is 0 Å². The molecule has 5 nitrogen and oxygen atoms in total. The molecule has 2 heterocycles. The molecule has 0 atom stereocenters. The molecule has 3 rings (SSSR count). The Bertz CT molecular complexity index is 577. The summed E-state index contributed by atoms with van der Waals surface area (Å²) in [6, 6.07) is 8.69. The van der Waals surface area contributed by atoms with Crippen LogP contribution >= 0.6 is 24.0 Å². The second-order valence-electron chi connectivity index (χ2n) is 7.12. The van der Waals surface area contributed by atoms with Gasteiger partial charge in [-0.05, 0) is 64.5 Å². The summed E-state index contributed by atoms with van der Waals surface area (Å²) in [5.74, 6) is 1.04. The molecule has 26 heavy (non-hydrogen) atoms. The van der Waals surface area contributed by atoms with Crippen molar-refractivity contribution in [2.45, 2.75) is 26.2 Å². The topological polar surface area (TPSA) is 34.1 Å². The van der Waals surface area contributed by atoms with E-state index >= 15 is 0 Å². The Morgan fingerprint density at radius 2 is 1.96 bits per heavy atom. The Morgan fingerprint density at radius 1 is 1.12 bits per heavy atom. The van der Waals surface area contributed by atoms with E-state index < -0.39 is 0 Å². The monoisotopic (exact) mass is 471 g/mol. The maximum absolute atomic E-state index is 4.91. The van der Waals surface area contributed by atoms with Crippen LogP contribution in [0.1, 0.15) is 25.3 Å². The summed E-state index contributed by atoms with van der Waals surface area (Å²) < 4.78 is 0. The third-order valence-electron chi connectivity index (χ3n) is 5.18. The number of rotatable bonds is 5. The number of likely N-dealkylation sites (N-methyl/N-ethyl adjacent to an activating group) is 1. The molecule has 0 unspecified atom stereocenters. The van der Waals surface area contributed by atoms with Crippen LogP contribution < -0.4 is 10.2 Å². The van der Waals surface area contributed by atoms with Crippen molar-refractivity contribution in [2.75, 3.05) is 64.3 Å². The van der Waals surface area contributed by atoms with Gasteiger partial charge in [-0.1, -0.05) is 18.2 Å². The molecule has 2 aliphatic heterocycles. The Balaban J connectivity index is 0.00000243. The summed E-state index contributed by atoms with van der Waals surface area (Å²) >= 11 is 0. The number of para-hydroxylation sites is 1. The fourth-order valence-corrected chi connectivity index (χ4v) is 3.76. The predicted molar refractivity (Wildman–Crippen MR) is 122 cm³/mol. The van der Waals surface area contributed by atoms with Gasteiger partial charge < -0.3 is 20.0 Å². The molecule has 1 saturated heterocycles. The van der Waals surface area contributed by atoms with Crippen LogP contribution in [0.4, 0.5) is 5.69 Å². The third-order valence-corrected chi connectivity index (χ3v) is 5.18. The highest BCUT2D eigenvalue weighted by atomic mass is 127. The van der Waals surface area contributed by atoms with Crippen molar-refractivity contribution in [3.63, 3.8) is 0 Å². The number of fused-ring (bicyclic) bond motifs is 1. The molecule has 6 heteroatoms. The average Bonchev–Trinajstić information content (AvgIpc) is 2.94. The standard InChI is InChI=1S/C20H33N5.HI/c1-3-21-20(25-15-10-18-8-4-5-9-19(18)25)22-11-6-13-24-14-7-12-23(2)16-17-24;/h4-5,8-9H,3,6-7,10-17H2,1-2H3,(H,21,22);1H. The van der Waals surface area contributed by atoms with Gasteiger partial charge in [0.05, 0.1) is 0 Å². The van der Waals surface area contributed by atoms with Crippen molar-refractivity contribution in [1.82, 2.24) is 15.1 Å². The predicted octanol–water partition coefficient (Wildman–Crippen LogP) is 2.66. The van der Waals surface area contributed by atoms with Gasteiger partial charge in [0.15, 0.2) is 5.96 Å². The van der Waals surface area contributed by atoms with Gasteiger partial charge in [-0.15, -0.1) is 24.0 Å². The second kappa shape index (κ2) is 11.1. The maximum atomic E-state index is 4.91. The molecular formula is C20H34IN5. The lowest BCUT2D eigenvalue weighted by atomic mass is 10.2. The van der Waals surface area contributed by atoms with Gasteiger partial charge in [-0.25, -0.2) is 0 Å². The summed E-state index contributed by atoms with van der Waals surface area (Å²) in [5, 5.41) is 3.48. The molecule has 0 spiro atoms. The van der Waals surface area contributed by atoms with Gasteiger partial charge in [0, 0.05) is 38.4 Å². The van der Waals surface area contributed by atoms with Crippen LogP contribution in [0.2, 0.25) is 0 Å². The molecule has 0 radical (unpaired) electrons. The third kappa shape index (κ3) is 5.82. The zero-order valence-corrected chi connectivity index (χ0v) is 18.6. The molecular weight excluding hydrogens is 437 g/mol. The van der Waals surface area contributed by atoms with Gasteiger partial charge >= 0.3 is 0 Å². The molecule has 0 saturated carbocycles. The first-order valence-corrected chi connectivity index (χ1v) is 9.82. The van der Waals surface area contributed by atoms with E-state index in [1.165, 1.54) is 43.9 Å². The molecule has 1 N–H and O–H groups in total. The minimum Gasteiger partial charge on any atom is -0.356 e. The first-order chi connectivity index (χ1) is 12.3. The van der Waals surface area contributed by atoms with Gasteiger partial charge in [0.2, 0.25) is 0 Å². The number of nitrogens with one attached hydrogen (secondary N) is 1. The minimum atomic E-state index is 0. The highest BCUT2D eigenvalue weighted by Crippen LogP contribution is 2.27. The van der Waals surface area contributed by atoms with E-state index in [0.29, 0.717) is 0 Å². The van der Waals surface area contributed by atoms with E-state index in [0.717, 1.165) is 45.0 Å². The summed E-state index contributed by atoms with van der Waals surface area (Å²) in [7, 11) is 2.23. The number of hydrogen-bond donors (Lipinski definition) is 1. The highest BCUT2D eigenvalue weighted by molar-refractivity contribution is 14.0. The molecule has 146 valence electrons. The molecule has 0 aliphatic carbocycles. The quantitative estimate of drug-likeness (QED) is 0.310. The summed E-state index contributed by atoms with van der Waals surface area (Å²) in [5.41, 5.74) is 2.75. The zero-order chi connectivity index (χ0) is 17.5. The Labute approximate surface area is 175 Å². The average molecular weight is 471 g/mol. The van der Waals surface area contributed by atoms with E-state index in [2.05, 4.69) is 58.3 Å². The minimum absolute atomic E-state index is 0. The number of aliphatic imine (C=N–C) groups is 1. The van der Waals surface area contributed by atoms with Gasteiger partial charge in [0.25, 0.3) is 0 Å². The molecule has 2 aliphatic rings. The molecule has 1 aromatic carbocycles. The van der Waals surface area contributed by atoms with Gasteiger partial charge in [-0.3, -0.25) is 4.99 Å². The molecule has 1 fully saturated rings. The largest absolute Gasteiger partial charge is 0.356 e. The van der Waals surface area contributed by atoms with Gasteiger partial charge in [-0.2, -0.15) is 0 Å². The summed E-state index contributed by atoms with van der Waals surface area (Å²) in [6.07, 6.45) is 3.53. The van der Waals surface area contributed by atoms with Crippen LogP contribution in [-0.2, 0) is 6.42 Å². The lowest BCUT2D eigenvalue weighted by molar-refractivity contribution is 0.275. The number of nitrogens with zero attached hydrogens (tertiary/aromatic N) is 4. The first-order valence-electron chi connectivity index (χ1n) is 9.82. The number of guanidine groups is 1. The zero-order valence-electron chi connectivity index (χ0n) is 16.3. The Kier molecular flexibility index (Phi) is 9.15. The van der Waals surface area contributed by atoms with Gasteiger partial charge in [0.1, 0.15) is 0 Å². The van der Waals surface area contributed by atoms with E-state index in [-0.39, 0.29) is 24.0 Å². The number of hydrogen-bond acceptors (Lipinski definition) is 3. The summed E-state index contributed by atoms with van der Waals surface area (Å²) in [4.78, 5) is 12.3. The number of benzene rings is 1. The van der Waals surface area contributed by atoms with Crippen molar-refractivity contribution in [3.05, 3.63) is 29.8 Å². The maximum Gasteiger partial charge on any atom is 0.198 e. The Hall–Kier alpha value is -0.860. The lowest BCUT2D eigenvalue weighted by Gasteiger charge is -2.23. The number of anilines is 1. The lowest BCUT2D eigenvalue weighted by Crippen LogP contribution is -2.40. The van der Waals surface area contributed by atoms with Crippen molar-refractivity contribution in [3.8, 4) is 0 Å². The smallest absolute Gasteiger partial charge is 0.198 e. The van der Waals surface area contributed by atoms with E-state index in [1.54, 1.807) is 0 Å². The van der Waals surface area contributed by atoms with Crippen molar-refractivity contribution >= 4 is 35.6 Å². The first kappa shape index (κ1) is 21.4. The van der Waals surface area contributed by atoms with Crippen LogP contribution in [0.3, 0.4) is 0 Å². The van der Waals surface area contributed by atoms with Crippen LogP contribution in [0.25, 0.3) is 0 Å². The van der Waals surface area contributed by atoms with Crippen molar-refractivity contribution < 1.29 is 0 Å².